The monoisotopic (exact) mass is 361 g/mol. The van der Waals surface area contributed by atoms with Gasteiger partial charge >= 0.3 is 6.03 Å². The third-order valence-corrected chi connectivity index (χ3v) is 7.13. The predicted octanol–water partition coefficient (Wildman–Crippen LogP) is 2.88. The van der Waals surface area contributed by atoms with Crippen molar-refractivity contribution in [2.45, 2.75) is 57.8 Å². The second-order valence-corrected chi connectivity index (χ2v) is 9.16. The van der Waals surface area contributed by atoms with Gasteiger partial charge in [-0.3, -0.25) is 9.52 Å². The van der Waals surface area contributed by atoms with E-state index in [4.69, 9.17) is 0 Å². The van der Waals surface area contributed by atoms with Crippen LogP contribution >= 0.6 is 0 Å². The van der Waals surface area contributed by atoms with Gasteiger partial charge in [0, 0.05) is 12.1 Å². The van der Waals surface area contributed by atoms with E-state index < -0.39 is 15.9 Å². The van der Waals surface area contributed by atoms with Gasteiger partial charge in [0.2, 0.25) is 5.91 Å². The Kier molecular flexibility index (Phi) is 4.27. The van der Waals surface area contributed by atoms with Crippen LogP contribution < -0.4 is 10.0 Å². The Morgan fingerprint density at radius 2 is 1.68 bits per heavy atom. The van der Waals surface area contributed by atoms with E-state index in [-0.39, 0.29) is 11.7 Å². The maximum atomic E-state index is 12.7. The number of urea groups is 1. The number of benzene rings is 1. The lowest BCUT2D eigenvalue weighted by Crippen LogP contribution is -2.31. The number of aryl methyl sites for hydroxylation is 2. The van der Waals surface area contributed by atoms with Crippen molar-refractivity contribution in [3.05, 3.63) is 28.3 Å². The topological polar surface area (TPSA) is 87.6 Å². The summed E-state index contributed by atoms with van der Waals surface area (Å²) in [6.45, 7) is 0. The van der Waals surface area contributed by atoms with Crippen LogP contribution in [-0.4, -0.2) is 21.9 Å². The lowest BCUT2D eigenvalue weighted by molar-refractivity contribution is -0.119. The number of anilines is 1. The SMILES string of the molecule is O=C1CCCCS(=O)(=NC(=O)Nc2c3c(cc4c2CCC4)CCC3)N1. The average Bonchev–Trinajstić information content (AvgIpc) is 3.16. The first-order valence-corrected chi connectivity index (χ1v) is 10.8. The van der Waals surface area contributed by atoms with Gasteiger partial charge in [0.25, 0.3) is 0 Å². The molecule has 3 amide bonds. The largest absolute Gasteiger partial charge is 0.354 e. The zero-order valence-corrected chi connectivity index (χ0v) is 15.0. The van der Waals surface area contributed by atoms with Gasteiger partial charge in [-0.2, -0.15) is 0 Å². The standard InChI is InChI=1S/C18H23N3O3S/c22-16-9-1-2-10-25(24,20-16)21-18(23)19-17-14-7-3-5-12(14)11-13-6-4-8-15(13)17/h11H,1-10H2,(H2,19,20,21,22,23,24). The Morgan fingerprint density at radius 1 is 1.00 bits per heavy atom. The summed E-state index contributed by atoms with van der Waals surface area (Å²) >= 11 is 0. The maximum absolute atomic E-state index is 12.7. The normalized spacial score (nSPS) is 24.9. The molecule has 2 aliphatic carbocycles. The zero-order chi connectivity index (χ0) is 17.4. The number of amides is 3. The molecule has 0 spiro atoms. The fraction of sp³-hybridized carbons (Fsp3) is 0.556. The summed E-state index contributed by atoms with van der Waals surface area (Å²) in [6, 6.07) is 1.69. The Labute approximate surface area is 148 Å². The van der Waals surface area contributed by atoms with Crippen molar-refractivity contribution >= 4 is 27.5 Å². The minimum atomic E-state index is -3.01. The van der Waals surface area contributed by atoms with E-state index in [9.17, 15) is 13.8 Å². The van der Waals surface area contributed by atoms with Crippen molar-refractivity contribution in [2.75, 3.05) is 11.1 Å². The van der Waals surface area contributed by atoms with Crippen LogP contribution in [0, 0.1) is 0 Å². The maximum Gasteiger partial charge on any atom is 0.354 e. The van der Waals surface area contributed by atoms with Gasteiger partial charge in [-0.1, -0.05) is 6.07 Å². The summed E-state index contributed by atoms with van der Waals surface area (Å²) in [7, 11) is -3.01. The first-order chi connectivity index (χ1) is 12.0. The highest BCUT2D eigenvalue weighted by Gasteiger charge is 2.26. The molecule has 4 rings (SSSR count). The van der Waals surface area contributed by atoms with E-state index in [0.29, 0.717) is 19.3 Å². The molecule has 2 N–H and O–H groups in total. The second kappa shape index (κ2) is 6.44. The summed E-state index contributed by atoms with van der Waals surface area (Å²) in [6.07, 6.45) is 7.88. The van der Waals surface area contributed by atoms with Gasteiger partial charge in [-0.15, -0.1) is 4.36 Å². The third-order valence-electron chi connectivity index (χ3n) is 5.28. The van der Waals surface area contributed by atoms with Gasteiger partial charge < -0.3 is 5.32 Å². The van der Waals surface area contributed by atoms with Crippen molar-refractivity contribution in [1.29, 1.82) is 0 Å². The summed E-state index contributed by atoms with van der Waals surface area (Å²) in [5.41, 5.74) is 5.96. The van der Waals surface area contributed by atoms with Crippen molar-refractivity contribution in [3.63, 3.8) is 0 Å². The molecule has 1 aromatic rings. The highest BCUT2D eigenvalue weighted by atomic mass is 32.2. The van der Waals surface area contributed by atoms with Crippen molar-refractivity contribution in [2.24, 2.45) is 4.36 Å². The Bertz CT molecular complexity index is 837. The third kappa shape index (κ3) is 3.29. The molecule has 0 radical (unpaired) electrons. The van der Waals surface area contributed by atoms with E-state index in [2.05, 4.69) is 20.5 Å². The number of carbonyl (C=O) groups is 2. The average molecular weight is 361 g/mol. The number of rotatable bonds is 1. The van der Waals surface area contributed by atoms with Crippen molar-refractivity contribution in [1.82, 2.24) is 4.72 Å². The first kappa shape index (κ1) is 16.6. The molecule has 0 aromatic heterocycles. The molecular formula is C18H23N3O3S. The van der Waals surface area contributed by atoms with Crippen LogP contribution in [0.25, 0.3) is 0 Å². The van der Waals surface area contributed by atoms with Crippen LogP contribution in [0.5, 0.6) is 0 Å². The summed E-state index contributed by atoms with van der Waals surface area (Å²) < 4.78 is 19.1. The van der Waals surface area contributed by atoms with E-state index in [1.807, 2.05) is 0 Å². The van der Waals surface area contributed by atoms with E-state index in [1.165, 1.54) is 22.3 Å². The Balaban J connectivity index is 1.65. The number of hydrogen-bond donors (Lipinski definition) is 2. The fourth-order valence-electron chi connectivity index (χ4n) is 4.16. The number of nitrogens with one attached hydrogen (secondary N) is 2. The molecule has 1 aromatic carbocycles. The van der Waals surface area contributed by atoms with Crippen LogP contribution in [0.4, 0.5) is 10.5 Å². The molecule has 25 heavy (non-hydrogen) atoms. The highest BCUT2D eigenvalue weighted by Crippen LogP contribution is 2.38. The molecule has 134 valence electrons. The fourth-order valence-corrected chi connectivity index (χ4v) is 5.77. The molecule has 1 heterocycles. The molecule has 7 heteroatoms. The van der Waals surface area contributed by atoms with Gasteiger partial charge in [-0.25, -0.2) is 9.00 Å². The first-order valence-electron chi connectivity index (χ1n) is 9.07. The molecule has 1 atom stereocenters. The van der Waals surface area contributed by atoms with Crippen LogP contribution in [0.1, 0.15) is 54.4 Å². The van der Waals surface area contributed by atoms with E-state index in [1.54, 1.807) is 0 Å². The molecule has 6 nitrogen and oxygen atoms in total. The summed E-state index contributed by atoms with van der Waals surface area (Å²) in [5.74, 6) is -0.0579. The van der Waals surface area contributed by atoms with Crippen LogP contribution in [0.2, 0.25) is 0 Å². The number of carbonyl (C=O) groups excluding carboxylic acids is 2. The predicted molar refractivity (Wildman–Crippen MR) is 96.9 cm³/mol. The summed E-state index contributed by atoms with van der Waals surface area (Å²) in [5, 5.41) is 2.91. The molecular weight excluding hydrogens is 338 g/mol. The van der Waals surface area contributed by atoms with Gasteiger partial charge in [0.15, 0.2) is 0 Å². The van der Waals surface area contributed by atoms with E-state index in [0.717, 1.165) is 44.2 Å². The smallest absolute Gasteiger partial charge is 0.305 e. The van der Waals surface area contributed by atoms with Crippen LogP contribution in [0.15, 0.2) is 10.4 Å². The number of hydrogen-bond acceptors (Lipinski definition) is 3. The van der Waals surface area contributed by atoms with Crippen molar-refractivity contribution < 1.29 is 13.8 Å². The molecule has 1 unspecified atom stereocenters. The number of nitrogens with zero attached hydrogens (tertiary/aromatic N) is 1. The van der Waals surface area contributed by atoms with Gasteiger partial charge in [-0.05, 0) is 73.6 Å². The van der Waals surface area contributed by atoms with Gasteiger partial charge in [0.05, 0.1) is 5.75 Å². The van der Waals surface area contributed by atoms with Crippen LogP contribution in [-0.2, 0) is 40.4 Å². The Hall–Kier alpha value is -1.89. The summed E-state index contributed by atoms with van der Waals surface area (Å²) in [4.78, 5) is 24.2. The molecule has 0 saturated carbocycles. The second-order valence-electron chi connectivity index (χ2n) is 7.08. The minimum Gasteiger partial charge on any atom is -0.305 e. The molecule has 3 aliphatic rings. The van der Waals surface area contributed by atoms with Gasteiger partial charge in [0.1, 0.15) is 9.92 Å². The van der Waals surface area contributed by atoms with Crippen molar-refractivity contribution in [3.8, 4) is 0 Å². The van der Waals surface area contributed by atoms with E-state index >= 15 is 0 Å². The lowest BCUT2D eigenvalue weighted by atomic mass is 9.99. The molecule has 1 saturated heterocycles. The minimum absolute atomic E-state index is 0.233. The number of fused-ring (bicyclic) bond motifs is 2. The molecule has 1 fully saturated rings. The Morgan fingerprint density at radius 3 is 2.36 bits per heavy atom. The highest BCUT2D eigenvalue weighted by molar-refractivity contribution is 7.92. The lowest BCUT2D eigenvalue weighted by Gasteiger charge is -2.15. The molecule has 0 bridgehead atoms. The van der Waals surface area contributed by atoms with Crippen LogP contribution in [0.3, 0.4) is 0 Å². The zero-order valence-electron chi connectivity index (χ0n) is 14.2. The molecule has 1 aliphatic heterocycles. The quantitative estimate of drug-likeness (QED) is 0.806.